The molecule has 0 radical (unpaired) electrons. The van der Waals surface area contributed by atoms with Crippen molar-refractivity contribution in [2.24, 2.45) is 0 Å². The zero-order chi connectivity index (χ0) is 14.2. The first-order chi connectivity index (χ1) is 9.85. The van der Waals surface area contributed by atoms with E-state index in [0.29, 0.717) is 6.54 Å². The van der Waals surface area contributed by atoms with E-state index in [4.69, 9.17) is 11.3 Å². The lowest BCUT2D eigenvalue weighted by molar-refractivity contribution is 0.253. The van der Waals surface area contributed by atoms with E-state index in [2.05, 4.69) is 26.8 Å². The Kier molecular flexibility index (Phi) is 5.69. The Morgan fingerprint density at radius 3 is 2.60 bits per heavy atom. The molecule has 0 N–H and O–H groups in total. The molecule has 1 aliphatic heterocycles. The molecular weight excluding hydrogens is 250 g/mol. The van der Waals surface area contributed by atoms with Crippen LogP contribution in [0.5, 0.6) is 5.75 Å². The average Bonchev–Trinajstić information content (AvgIpc) is 2.52. The van der Waals surface area contributed by atoms with Crippen LogP contribution in [0, 0.1) is 6.57 Å². The van der Waals surface area contributed by atoms with Crippen molar-refractivity contribution in [3.05, 3.63) is 35.7 Å². The molecule has 0 saturated carbocycles. The summed E-state index contributed by atoms with van der Waals surface area (Å²) in [5.41, 5.74) is 1.20. The quantitative estimate of drug-likeness (QED) is 0.587. The summed E-state index contributed by atoms with van der Waals surface area (Å²) >= 11 is 0. The molecule has 4 nitrogen and oxygen atoms in total. The molecule has 1 aliphatic rings. The highest BCUT2D eigenvalue weighted by molar-refractivity contribution is 5.58. The third-order valence-corrected chi connectivity index (χ3v) is 3.79. The van der Waals surface area contributed by atoms with Crippen LogP contribution in [0.15, 0.2) is 24.3 Å². The molecular formula is C16H23N3O. The second-order valence-corrected chi connectivity index (χ2v) is 5.09. The summed E-state index contributed by atoms with van der Waals surface area (Å²) in [5.74, 6) is 0.956. The predicted octanol–water partition coefficient (Wildman–Crippen LogP) is 2.52. The van der Waals surface area contributed by atoms with E-state index in [9.17, 15) is 0 Å². The summed E-state index contributed by atoms with van der Waals surface area (Å²) in [7, 11) is 1.73. The molecule has 1 heterocycles. The minimum atomic E-state index is 0.668. The van der Waals surface area contributed by atoms with Crippen LogP contribution < -0.4 is 9.64 Å². The first kappa shape index (κ1) is 14.7. The maximum absolute atomic E-state index is 6.78. The van der Waals surface area contributed by atoms with E-state index >= 15 is 0 Å². The van der Waals surface area contributed by atoms with Crippen molar-refractivity contribution in [3.8, 4) is 5.75 Å². The Bertz CT molecular complexity index is 447. The maximum atomic E-state index is 6.78. The third kappa shape index (κ3) is 3.88. The number of rotatable bonds is 6. The van der Waals surface area contributed by atoms with Crippen LogP contribution in [0.3, 0.4) is 0 Å². The van der Waals surface area contributed by atoms with E-state index in [1.54, 1.807) is 7.11 Å². The molecule has 0 aromatic heterocycles. The number of ether oxygens (including phenoxy) is 1. The molecule has 0 amide bonds. The fraction of sp³-hybridized carbons (Fsp3) is 0.562. The normalized spacial score (nSPS) is 15.9. The van der Waals surface area contributed by atoms with Gasteiger partial charge in [-0.05, 0) is 25.1 Å². The van der Waals surface area contributed by atoms with Gasteiger partial charge in [0.25, 0.3) is 0 Å². The number of piperazine rings is 1. The van der Waals surface area contributed by atoms with Gasteiger partial charge in [0.05, 0.1) is 12.8 Å². The molecule has 0 atom stereocenters. The number of benzene rings is 1. The average molecular weight is 273 g/mol. The molecule has 0 unspecified atom stereocenters. The van der Waals surface area contributed by atoms with Gasteiger partial charge < -0.3 is 14.5 Å². The summed E-state index contributed by atoms with van der Waals surface area (Å²) in [6.45, 7) is 12.8. The van der Waals surface area contributed by atoms with Crippen molar-refractivity contribution in [3.63, 3.8) is 0 Å². The number of unbranched alkanes of at least 4 members (excludes halogenated alkanes) is 1. The van der Waals surface area contributed by atoms with Gasteiger partial charge in [0, 0.05) is 32.6 Å². The van der Waals surface area contributed by atoms with Crippen molar-refractivity contribution in [2.75, 3.05) is 51.3 Å². The Morgan fingerprint density at radius 1 is 1.15 bits per heavy atom. The number of hydrogen-bond donors (Lipinski definition) is 0. The van der Waals surface area contributed by atoms with Crippen LogP contribution in [0.1, 0.15) is 12.8 Å². The molecule has 1 fully saturated rings. The minimum Gasteiger partial charge on any atom is -0.495 e. The van der Waals surface area contributed by atoms with E-state index in [1.165, 1.54) is 5.69 Å². The van der Waals surface area contributed by atoms with Gasteiger partial charge in [-0.15, -0.1) is 0 Å². The first-order valence-electron chi connectivity index (χ1n) is 7.28. The fourth-order valence-corrected chi connectivity index (χ4v) is 2.63. The lowest BCUT2D eigenvalue weighted by atomic mass is 10.2. The van der Waals surface area contributed by atoms with Crippen LogP contribution in [0.2, 0.25) is 0 Å². The van der Waals surface area contributed by atoms with Gasteiger partial charge in [-0.2, -0.15) is 0 Å². The molecule has 4 heteroatoms. The summed E-state index contributed by atoms with van der Waals surface area (Å²) in [6.07, 6.45) is 2.16. The minimum absolute atomic E-state index is 0.668. The second kappa shape index (κ2) is 7.76. The van der Waals surface area contributed by atoms with Crippen molar-refractivity contribution in [1.29, 1.82) is 0 Å². The van der Waals surface area contributed by atoms with Crippen molar-refractivity contribution >= 4 is 5.69 Å². The van der Waals surface area contributed by atoms with Gasteiger partial charge in [-0.1, -0.05) is 12.1 Å². The number of methoxy groups -OCH3 is 1. The third-order valence-electron chi connectivity index (χ3n) is 3.79. The SMILES string of the molecule is [C-]#[N+]CCCCN1CCN(c2ccccc2OC)CC1. The van der Waals surface area contributed by atoms with Gasteiger partial charge in [0.1, 0.15) is 5.75 Å². The lowest BCUT2D eigenvalue weighted by Crippen LogP contribution is -2.46. The van der Waals surface area contributed by atoms with Crippen LogP contribution in [0.4, 0.5) is 5.69 Å². The summed E-state index contributed by atoms with van der Waals surface area (Å²) in [6, 6.07) is 8.22. The van der Waals surface area contributed by atoms with Gasteiger partial charge in [-0.3, -0.25) is 4.90 Å². The molecule has 0 aliphatic carbocycles. The second-order valence-electron chi connectivity index (χ2n) is 5.09. The first-order valence-corrected chi connectivity index (χ1v) is 7.28. The molecule has 20 heavy (non-hydrogen) atoms. The zero-order valence-corrected chi connectivity index (χ0v) is 12.2. The van der Waals surface area contributed by atoms with Gasteiger partial charge >= 0.3 is 0 Å². The predicted molar refractivity (Wildman–Crippen MR) is 82.4 cm³/mol. The number of nitrogens with zero attached hydrogens (tertiary/aromatic N) is 3. The van der Waals surface area contributed by atoms with E-state index < -0.39 is 0 Å². The zero-order valence-electron chi connectivity index (χ0n) is 12.2. The summed E-state index contributed by atoms with van der Waals surface area (Å²) < 4.78 is 5.43. The standard InChI is InChI=1S/C16H23N3O/c1-17-9-5-6-10-18-11-13-19(14-12-18)15-7-3-4-8-16(15)20-2/h3-4,7-8H,5-6,9-14H2,2H3. The van der Waals surface area contributed by atoms with Crippen molar-refractivity contribution in [1.82, 2.24) is 4.90 Å². The van der Waals surface area contributed by atoms with E-state index in [-0.39, 0.29) is 0 Å². The van der Waals surface area contributed by atoms with Gasteiger partial charge in [-0.25, -0.2) is 6.57 Å². The Hall–Kier alpha value is -1.73. The van der Waals surface area contributed by atoms with Gasteiger partial charge in [0.15, 0.2) is 0 Å². The Labute approximate surface area is 121 Å². The molecule has 1 saturated heterocycles. The number of anilines is 1. The summed E-state index contributed by atoms with van der Waals surface area (Å²) in [5, 5.41) is 0. The van der Waals surface area contributed by atoms with Crippen LogP contribution in [-0.2, 0) is 0 Å². The number of para-hydroxylation sites is 2. The highest BCUT2D eigenvalue weighted by atomic mass is 16.5. The molecule has 0 spiro atoms. The van der Waals surface area contributed by atoms with Gasteiger partial charge in [0.2, 0.25) is 6.54 Å². The Balaban J connectivity index is 1.81. The summed E-state index contributed by atoms with van der Waals surface area (Å²) in [4.78, 5) is 8.29. The van der Waals surface area contributed by atoms with Crippen molar-refractivity contribution in [2.45, 2.75) is 12.8 Å². The Morgan fingerprint density at radius 2 is 1.90 bits per heavy atom. The maximum Gasteiger partial charge on any atom is 0.214 e. The molecule has 0 bridgehead atoms. The van der Waals surface area contributed by atoms with Crippen LogP contribution >= 0.6 is 0 Å². The lowest BCUT2D eigenvalue weighted by Gasteiger charge is -2.36. The topological polar surface area (TPSA) is 20.1 Å². The highest BCUT2D eigenvalue weighted by Crippen LogP contribution is 2.28. The molecule has 2 rings (SSSR count). The molecule has 1 aromatic rings. The molecule has 1 aromatic carbocycles. The fourth-order valence-electron chi connectivity index (χ4n) is 2.63. The van der Waals surface area contributed by atoms with E-state index in [0.717, 1.165) is 51.3 Å². The molecule has 108 valence electrons. The van der Waals surface area contributed by atoms with Crippen LogP contribution in [-0.4, -0.2) is 51.3 Å². The number of hydrogen-bond acceptors (Lipinski definition) is 3. The van der Waals surface area contributed by atoms with Crippen molar-refractivity contribution < 1.29 is 4.74 Å². The van der Waals surface area contributed by atoms with E-state index in [1.807, 2.05) is 12.1 Å². The highest BCUT2D eigenvalue weighted by Gasteiger charge is 2.18. The smallest absolute Gasteiger partial charge is 0.214 e. The van der Waals surface area contributed by atoms with Crippen LogP contribution in [0.25, 0.3) is 4.85 Å². The monoisotopic (exact) mass is 273 g/mol. The largest absolute Gasteiger partial charge is 0.495 e.